The number of allylic oxidation sites excluding steroid dienone is 1. The van der Waals surface area contributed by atoms with Crippen LogP contribution in [-0.2, 0) is 9.47 Å². The van der Waals surface area contributed by atoms with Gasteiger partial charge in [0.15, 0.2) is 6.29 Å². The molecular formula is C26H45NO5. The Morgan fingerprint density at radius 2 is 1.81 bits per heavy atom. The van der Waals surface area contributed by atoms with E-state index in [0.29, 0.717) is 29.1 Å². The molecule has 1 heterocycles. The Hall–Kier alpha value is -1.11. The van der Waals surface area contributed by atoms with Crippen LogP contribution in [0.5, 0.6) is 0 Å². The Bertz CT molecular complexity index is 628. The fourth-order valence-electron chi connectivity index (χ4n) is 6.20. The SMILES string of the molecule is CC(C=CC(OC1CCCCO1)C1CC1)C1CCC2C(O)CCCC12C.CN(C)C(=O)O. The number of aliphatic hydroxyl groups excluding tert-OH is 1. The molecule has 7 unspecified atom stereocenters. The number of hydrogen-bond donors (Lipinski definition) is 2. The van der Waals surface area contributed by atoms with E-state index in [0.717, 1.165) is 24.3 Å². The molecule has 4 fully saturated rings. The van der Waals surface area contributed by atoms with Gasteiger partial charge in [-0.2, -0.15) is 0 Å². The van der Waals surface area contributed by atoms with Crippen molar-refractivity contribution in [2.75, 3.05) is 20.7 Å². The van der Waals surface area contributed by atoms with Crippen LogP contribution in [0.15, 0.2) is 12.2 Å². The zero-order chi connectivity index (χ0) is 23.3. The zero-order valence-corrected chi connectivity index (χ0v) is 20.5. The van der Waals surface area contributed by atoms with Gasteiger partial charge in [0, 0.05) is 20.7 Å². The summed E-state index contributed by atoms with van der Waals surface area (Å²) in [6.07, 6.45) is 16.1. The standard InChI is InChI=1S/C23H38O3.C3H7NO2/c1-16(18-11-12-19-20(24)6-5-14-23(18,19)2)8-13-21(17-9-10-17)26-22-7-3-4-15-25-22;1-4(2)3(5)6/h8,13,16-22,24H,3-7,9-12,14-15H2,1-2H3;1-2H3,(H,5,6). The van der Waals surface area contributed by atoms with Crippen LogP contribution in [0.3, 0.4) is 0 Å². The van der Waals surface area contributed by atoms with Gasteiger partial charge in [0.2, 0.25) is 0 Å². The zero-order valence-electron chi connectivity index (χ0n) is 20.5. The molecular weight excluding hydrogens is 406 g/mol. The average Bonchev–Trinajstić information content (AvgIpc) is 3.53. The Morgan fingerprint density at radius 3 is 2.41 bits per heavy atom. The Balaban J connectivity index is 0.000000427. The number of fused-ring (bicyclic) bond motifs is 1. The van der Waals surface area contributed by atoms with Crippen LogP contribution in [0.2, 0.25) is 0 Å². The van der Waals surface area contributed by atoms with Crippen LogP contribution in [0.25, 0.3) is 0 Å². The van der Waals surface area contributed by atoms with E-state index in [9.17, 15) is 9.90 Å². The van der Waals surface area contributed by atoms with Gasteiger partial charge in [-0.05, 0) is 86.9 Å². The van der Waals surface area contributed by atoms with Crippen LogP contribution in [0.4, 0.5) is 4.79 Å². The first-order chi connectivity index (χ1) is 15.2. The van der Waals surface area contributed by atoms with Gasteiger partial charge < -0.3 is 24.6 Å². The highest BCUT2D eigenvalue weighted by atomic mass is 16.7. The van der Waals surface area contributed by atoms with E-state index in [1.165, 1.54) is 65.5 Å². The first kappa shape index (κ1) is 25.5. The van der Waals surface area contributed by atoms with Crippen molar-refractivity contribution in [2.24, 2.45) is 29.1 Å². The lowest BCUT2D eigenvalue weighted by Crippen LogP contribution is -2.41. The average molecular weight is 452 g/mol. The minimum Gasteiger partial charge on any atom is -0.465 e. The summed E-state index contributed by atoms with van der Waals surface area (Å²) in [6, 6.07) is 0. The summed E-state index contributed by atoms with van der Waals surface area (Å²) >= 11 is 0. The molecule has 1 aliphatic heterocycles. The van der Waals surface area contributed by atoms with Crippen molar-refractivity contribution in [3.8, 4) is 0 Å². The van der Waals surface area contributed by atoms with Gasteiger partial charge in [-0.3, -0.25) is 0 Å². The number of carboxylic acid groups (broad SMARTS) is 1. The van der Waals surface area contributed by atoms with E-state index in [1.54, 1.807) is 0 Å². The third-order valence-corrected chi connectivity index (χ3v) is 8.32. The summed E-state index contributed by atoms with van der Waals surface area (Å²) in [7, 11) is 2.95. The monoisotopic (exact) mass is 451 g/mol. The molecule has 4 rings (SSSR count). The summed E-state index contributed by atoms with van der Waals surface area (Å²) in [6.45, 7) is 5.69. The molecule has 0 bridgehead atoms. The maximum Gasteiger partial charge on any atom is 0.406 e. The highest BCUT2D eigenvalue weighted by molar-refractivity contribution is 5.63. The minimum absolute atomic E-state index is 0.0103. The molecule has 0 aromatic heterocycles. The van der Waals surface area contributed by atoms with E-state index in [4.69, 9.17) is 14.6 Å². The third-order valence-electron chi connectivity index (χ3n) is 8.32. The molecule has 6 heteroatoms. The van der Waals surface area contributed by atoms with Crippen LogP contribution in [0, 0.1) is 29.1 Å². The van der Waals surface area contributed by atoms with Crippen molar-refractivity contribution in [3.05, 3.63) is 12.2 Å². The van der Waals surface area contributed by atoms with E-state index in [1.807, 2.05) is 0 Å². The smallest absolute Gasteiger partial charge is 0.406 e. The maximum absolute atomic E-state index is 10.5. The summed E-state index contributed by atoms with van der Waals surface area (Å²) in [5.41, 5.74) is 0.323. The van der Waals surface area contributed by atoms with E-state index in [-0.39, 0.29) is 18.5 Å². The first-order valence-corrected chi connectivity index (χ1v) is 12.8. The number of ether oxygens (including phenoxy) is 2. The molecule has 4 aliphatic rings. The van der Waals surface area contributed by atoms with Gasteiger partial charge >= 0.3 is 6.09 Å². The van der Waals surface area contributed by atoms with E-state index in [2.05, 4.69) is 26.0 Å². The molecule has 1 saturated heterocycles. The van der Waals surface area contributed by atoms with Gasteiger partial charge in [0.1, 0.15) is 0 Å². The molecule has 1 amide bonds. The first-order valence-electron chi connectivity index (χ1n) is 12.8. The highest BCUT2D eigenvalue weighted by Gasteiger charge is 2.51. The molecule has 0 aromatic rings. The number of rotatable bonds is 6. The van der Waals surface area contributed by atoms with Crippen LogP contribution in [0.1, 0.15) is 78.1 Å². The summed E-state index contributed by atoms with van der Waals surface area (Å²) in [4.78, 5) is 10.7. The highest BCUT2D eigenvalue weighted by Crippen LogP contribution is 2.57. The Morgan fingerprint density at radius 1 is 1.09 bits per heavy atom. The lowest BCUT2D eigenvalue weighted by atomic mass is 9.62. The second kappa shape index (κ2) is 11.3. The van der Waals surface area contributed by atoms with Gasteiger partial charge in [0.25, 0.3) is 0 Å². The lowest BCUT2D eigenvalue weighted by Gasteiger charge is -2.44. The van der Waals surface area contributed by atoms with Gasteiger partial charge in [0.05, 0.1) is 12.2 Å². The van der Waals surface area contributed by atoms with Crippen LogP contribution < -0.4 is 0 Å². The number of hydrogen-bond acceptors (Lipinski definition) is 4. The van der Waals surface area contributed by atoms with Crippen molar-refractivity contribution >= 4 is 6.09 Å². The maximum atomic E-state index is 10.5. The van der Waals surface area contributed by atoms with Crippen molar-refractivity contribution in [1.29, 1.82) is 0 Å². The molecule has 6 nitrogen and oxygen atoms in total. The number of amides is 1. The molecule has 7 atom stereocenters. The second-order valence-corrected chi connectivity index (χ2v) is 10.9. The summed E-state index contributed by atoms with van der Waals surface area (Å²) in [5, 5.41) is 18.4. The lowest BCUT2D eigenvalue weighted by molar-refractivity contribution is -0.182. The molecule has 0 aromatic carbocycles. The third kappa shape index (κ3) is 6.48. The van der Waals surface area contributed by atoms with Crippen LogP contribution >= 0.6 is 0 Å². The molecule has 3 aliphatic carbocycles. The summed E-state index contributed by atoms with van der Waals surface area (Å²) in [5.74, 6) is 2.48. The molecule has 184 valence electrons. The van der Waals surface area contributed by atoms with Crippen molar-refractivity contribution in [1.82, 2.24) is 4.90 Å². The van der Waals surface area contributed by atoms with Crippen molar-refractivity contribution in [3.63, 3.8) is 0 Å². The predicted molar refractivity (Wildman–Crippen MR) is 125 cm³/mol. The molecule has 2 N–H and O–H groups in total. The molecule has 0 spiro atoms. The predicted octanol–water partition coefficient (Wildman–Crippen LogP) is 5.30. The van der Waals surface area contributed by atoms with Gasteiger partial charge in [-0.25, -0.2) is 4.79 Å². The van der Waals surface area contributed by atoms with Gasteiger partial charge in [-0.15, -0.1) is 0 Å². The number of aliphatic hydroxyl groups is 1. The Kier molecular flexibility index (Phi) is 9.05. The topological polar surface area (TPSA) is 79.2 Å². The Labute approximate surface area is 194 Å². The largest absolute Gasteiger partial charge is 0.465 e. The quantitative estimate of drug-likeness (QED) is 0.536. The fourth-order valence-corrected chi connectivity index (χ4v) is 6.20. The number of carbonyl (C=O) groups is 1. The fraction of sp³-hybridized carbons (Fsp3) is 0.885. The van der Waals surface area contributed by atoms with E-state index < -0.39 is 6.09 Å². The van der Waals surface area contributed by atoms with Gasteiger partial charge in [-0.1, -0.05) is 32.4 Å². The summed E-state index contributed by atoms with van der Waals surface area (Å²) < 4.78 is 12.1. The molecule has 3 saturated carbocycles. The molecule has 32 heavy (non-hydrogen) atoms. The van der Waals surface area contributed by atoms with Crippen LogP contribution in [-0.4, -0.2) is 60.4 Å². The minimum atomic E-state index is -0.907. The second-order valence-electron chi connectivity index (χ2n) is 10.9. The van der Waals surface area contributed by atoms with Crippen molar-refractivity contribution in [2.45, 2.75) is 96.6 Å². The normalized spacial score (nSPS) is 36.7. The van der Waals surface area contributed by atoms with E-state index >= 15 is 0 Å². The van der Waals surface area contributed by atoms with Crippen molar-refractivity contribution < 1.29 is 24.5 Å². The number of nitrogens with zero attached hydrogens (tertiary/aromatic N) is 1. The molecule has 0 radical (unpaired) electrons.